The number of fused-ring (bicyclic) bond motifs is 1. The zero-order chi connectivity index (χ0) is 15.4. The minimum Gasteiger partial charge on any atom is -0.454 e. The summed E-state index contributed by atoms with van der Waals surface area (Å²) in [6.45, 7) is 9.60. The molecule has 1 aromatic rings. The number of hydrogen-bond acceptors (Lipinski definition) is 5. The summed E-state index contributed by atoms with van der Waals surface area (Å²) in [6.07, 6.45) is 0. The van der Waals surface area contributed by atoms with Gasteiger partial charge in [0, 0.05) is 11.0 Å². The highest BCUT2D eigenvalue weighted by Crippen LogP contribution is 2.39. The lowest BCUT2D eigenvalue weighted by Gasteiger charge is -2.32. The van der Waals surface area contributed by atoms with Crippen LogP contribution in [0.4, 0.5) is 0 Å². The van der Waals surface area contributed by atoms with Gasteiger partial charge >= 0.3 is 7.12 Å². The average molecular weight is 290 g/mol. The Morgan fingerprint density at radius 3 is 2.29 bits per heavy atom. The van der Waals surface area contributed by atoms with Crippen molar-refractivity contribution in [3.8, 4) is 11.5 Å². The van der Waals surface area contributed by atoms with E-state index < -0.39 is 18.3 Å². The lowest BCUT2D eigenvalue weighted by Crippen LogP contribution is -2.41. The topological polar surface area (TPSA) is 54.0 Å². The smallest absolute Gasteiger partial charge is 0.454 e. The number of benzene rings is 1. The molecular weight excluding hydrogens is 271 g/mol. The van der Waals surface area contributed by atoms with E-state index in [9.17, 15) is 4.79 Å². The van der Waals surface area contributed by atoms with Gasteiger partial charge in [-0.1, -0.05) is 0 Å². The molecule has 2 heterocycles. The van der Waals surface area contributed by atoms with E-state index in [0.29, 0.717) is 22.5 Å². The molecule has 112 valence electrons. The van der Waals surface area contributed by atoms with Gasteiger partial charge < -0.3 is 18.8 Å². The van der Waals surface area contributed by atoms with E-state index in [-0.39, 0.29) is 12.6 Å². The molecule has 5 nitrogen and oxygen atoms in total. The molecule has 1 fully saturated rings. The summed E-state index contributed by atoms with van der Waals surface area (Å²) >= 11 is 0. The maximum Gasteiger partial charge on any atom is 0.498 e. The van der Waals surface area contributed by atoms with Gasteiger partial charge in [-0.15, -0.1) is 0 Å². The third-order valence-corrected chi connectivity index (χ3v) is 4.41. The molecule has 0 amide bonds. The van der Waals surface area contributed by atoms with Gasteiger partial charge in [-0.25, -0.2) is 0 Å². The number of hydrogen-bond donors (Lipinski definition) is 0. The molecule has 0 bridgehead atoms. The third-order valence-electron chi connectivity index (χ3n) is 4.41. The summed E-state index contributed by atoms with van der Waals surface area (Å²) in [5.74, 6) is 1.12. The summed E-state index contributed by atoms with van der Waals surface area (Å²) in [6, 6.07) is 3.46. The van der Waals surface area contributed by atoms with Crippen LogP contribution in [-0.2, 0) is 9.31 Å². The van der Waals surface area contributed by atoms with Crippen molar-refractivity contribution in [3.05, 3.63) is 17.7 Å². The standard InChI is InChI=1S/C15H19BO5/c1-9(17)10-6-11(13-12(7-10)18-8-19-13)16-20-14(2,3)15(4,5)21-16/h6-7H,8H2,1-5H3. The van der Waals surface area contributed by atoms with Crippen molar-refractivity contribution in [1.82, 2.24) is 0 Å². The molecule has 6 heteroatoms. The monoisotopic (exact) mass is 290 g/mol. The highest BCUT2D eigenvalue weighted by atomic mass is 16.7. The molecule has 21 heavy (non-hydrogen) atoms. The highest BCUT2D eigenvalue weighted by molar-refractivity contribution is 6.63. The number of rotatable bonds is 2. The SMILES string of the molecule is CC(=O)c1cc2c(c(B3OC(C)(C)C(C)(C)O3)c1)OCO2. The number of carbonyl (C=O) groups excluding carboxylic acids is 1. The van der Waals surface area contributed by atoms with Crippen molar-refractivity contribution >= 4 is 18.4 Å². The van der Waals surface area contributed by atoms with Crippen molar-refractivity contribution in [1.29, 1.82) is 0 Å². The van der Waals surface area contributed by atoms with Crippen LogP contribution in [0.5, 0.6) is 11.5 Å². The van der Waals surface area contributed by atoms with Gasteiger partial charge in [0.05, 0.1) is 11.2 Å². The molecule has 0 atom stereocenters. The van der Waals surface area contributed by atoms with E-state index >= 15 is 0 Å². The number of ether oxygens (including phenoxy) is 2. The van der Waals surface area contributed by atoms with E-state index in [0.717, 1.165) is 0 Å². The maximum atomic E-state index is 11.7. The van der Waals surface area contributed by atoms with E-state index in [1.54, 1.807) is 12.1 Å². The third kappa shape index (κ3) is 2.22. The molecule has 0 aromatic heterocycles. The Bertz CT molecular complexity index is 592. The maximum absolute atomic E-state index is 11.7. The normalized spacial score (nSPS) is 21.7. The van der Waals surface area contributed by atoms with Crippen LogP contribution in [0, 0.1) is 0 Å². The van der Waals surface area contributed by atoms with Gasteiger partial charge in [-0.3, -0.25) is 4.79 Å². The van der Waals surface area contributed by atoms with E-state index in [4.69, 9.17) is 18.8 Å². The lowest BCUT2D eigenvalue weighted by atomic mass is 9.77. The molecule has 0 unspecified atom stereocenters. The van der Waals surface area contributed by atoms with Gasteiger partial charge in [0.2, 0.25) is 6.79 Å². The second-order valence-electron chi connectivity index (χ2n) is 6.44. The second-order valence-corrected chi connectivity index (χ2v) is 6.44. The second kappa shape index (κ2) is 4.48. The van der Waals surface area contributed by atoms with Crippen LogP contribution in [0.1, 0.15) is 45.0 Å². The van der Waals surface area contributed by atoms with Gasteiger partial charge in [0.25, 0.3) is 0 Å². The molecule has 0 spiro atoms. The fraction of sp³-hybridized carbons (Fsp3) is 0.533. The van der Waals surface area contributed by atoms with Gasteiger partial charge in [-0.2, -0.15) is 0 Å². The molecule has 0 radical (unpaired) electrons. The van der Waals surface area contributed by atoms with Crippen molar-refractivity contribution in [2.45, 2.75) is 45.8 Å². The molecule has 2 aliphatic heterocycles. The van der Waals surface area contributed by atoms with Crippen LogP contribution in [0.3, 0.4) is 0 Å². The summed E-state index contributed by atoms with van der Waals surface area (Å²) in [5, 5.41) is 0. The Morgan fingerprint density at radius 2 is 1.71 bits per heavy atom. The van der Waals surface area contributed by atoms with Crippen molar-refractivity contribution in [2.75, 3.05) is 6.79 Å². The van der Waals surface area contributed by atoms with Crippen LogP contribution < -0.4 is 14.9 Å². The van der Waals surface area contributed by atoms with E-state index in [2.05, 4.69) is 0 Å². The van der Waals surface area contributed by atoms with Gasteiger partial charge in [-0.05, 0) is 46.8 Å². The highest BCUT2D eigenvalue weighted by Gasteiger charge is 2.53. The fourth-order valence-electron chi connectivity index (χ4n) is 2.39. The lowest BCUT2D eigenvalue weighted by molar-refractivity contribution is 0.00578. The molecule has 0 N–H and O–H groups in total. The quantitative estimate of drug-likeness (QED) is 0.615. The summed E-state index contributed by atoms with van der Waals surface area (Å²) in [4.78, 5) is 11.7. The molecule has 3 rings (SSSR count). The van der Waals surface area contributed by atoms with Crippen LogP contribution >= 0.6 is 0 Å². The molecule has 1 aromatic carbocycles. The Balaban J connectivity index is 2.05. The number of ketones is 1. The zero-order valence-electron chi connectivity index (χ0n) is 13.0. The van der Waals surface area contributed by atoms with E-state index in [1.807, 2.05) is 27.7 Å². The molecule has 2 aliphatic rings. The minimum atomic E-state index is -0.579. The van der Waals surface area contributed by atoms with Crippen molar-refractivity contribution in [2.24, 2.45) is 0 Å². The summed E-state index contributed by atoms with van der Waals surface area (Å²) in [7, 11) is -0.579. The van der Waals surface area contributed by atoms with Gasteiger partial charge in [0.15, 0.2) is 17.3 Å². The van der Waals surface area contributed by atoms with E-state index in [1.165, 1.54) is 6.92 Å². The van der Waals surface area contributed by atoms with Crippen LogP contribution in [-0.4, -0.2) is 30.9 Å². The first kappa shape index (κ1) is 14.4. The first-order chi connectivity index (χ1) is 9.71. The predicted molar refractivity (Wildman–Crippen MR) is 78.3 cm³/mol. The predicted octanol–water partition coefficient (Wildman–Crippen LogP) is 1.92. The number of carbonyl (C=O) groups is 1. The minimum absolute atomic E-state index is 0.0360. The number of Topliss-reactive ketones (excluding diaryl/α,β-unsaturated/α-hetero) is 1. The molecule has 1 saturated heterocycles. The first-order valence-electron chi connectivity index (χ1n) is 7.01. The summed E-state index contributed by atoms with van der Waals surface area (Å²) < 4.78 is 23.0. The Hall–Kier alpha value is -1.53. The molecule has 0 aliphatic carbocycles. The van der Waals surface area contributed by atoms with Crippen LogP contribution in [0.2, 0.25) is 0 Å². The Labute approximate surface area is 124 Å². The van der Waals surface area contributed by atoms with Crippen LogP contribution in [0.25, 0.3) is 0 Å². The Kier molecular flexibility index (Phi) is 3.08. The zero-order valence-corrected chi connectivity index (χ0v) is 13.0. The Morgan fingerprint density at radius 1 is 1.10 bits per heavy atom. The molecular formula is C15H19BO5. The van der Waals surface area contributed by atoms with Crippen molar-refractivity contribution in [3.63, 3.8) is 0 Å². The largest absolute Gasteiger partial charge is 0.498 e. The molecule has 0 saturated carbocycles. The fourth-order valence-corrected chi connectivity index (χ4v) is 2.39. The van der Waals surface area contributed by atoms with Gasteiger partial charge in [0.1, 0.15) is 0 Å². The van der Waals surface area contributed by atoms with Crippen LogP contribution in [0.15, 0.2) is 12.1 Å². The first-order valence-corrected chi connectivity index (χ1v) is 7.01. The van der Waals surface area contributed by atoms with Crippen molar-refractivity contribution < 1.29 is 23.6 Å². The summed E-state index contributed by atoms with van der Waals surface area (Å²) in [5.41, 5.74) is 0.366. The average Bonchev–Trinajstić information content (AvgIpc) is 2.90.